The Bertz CT molecular complexity index is 461. The molecular formula is C17H25ClN2O. The predicted molar refractivity (Wildman–Crippen MR) is 87.2 cm³/mol. The fourth-order valence-electron chi connectivity index (χ4n) is 3.24. The minimum Gasteiger partial charge on any atom is -0.335 e. The molecule has 0 spiro atoms. The highest BCUT2D eigenvalue weighted by Crippen LogP contribution is 2.33. The molecule has 2 unspecified atom stereocenters. The fourth-order valence-corrected chi connectivity index (χ4v) is 3.24. The summed E-state index contributed by atoms with van der Waals surface area (Å²) in [5, 5.41) is 0. The van der Waals surface area contributed by atoms with Crippen molar-refractivity contribution in [1.82, 2.24) is 4.90 Å². The number of halogens is 1. The van der Waals surface area contributed by atoms with Crippen molar-refractivity contribution in [2.45, 2.75) is 57.2 Å². The molecule has 2 atom stereocenters. The number of carbonyl (C=O) groups is 1. The lowest BCUT2D eigenvalue weighted by Crippen LogP contribution is -2.41. The van der Waals surface area contributed by atoms with Gasteiger partial charge in [0.1, 0.15) is 0 Å². The molecule has 2 N–H and O–H groups in total. The summed E-state index contributed by atoms with van der Waals surface area (Å²) in [6, 6.07) is 11.0. The predicted octanol–water partition coefficient (Wildman–Crippen LogP) is 3.12. The fraction of sp³-hybridized carbons (Fsp3) is 0.588. The summed E-state index contributed by atoms with van der Waals surface area (Å²) in [5.74, 6) is 0.495. The van der Waals surface area contributed by atoms with Crippen LogP contribution in [0.4, 0.5) is 0 Å². The van der Waals surface area contributed by atoms with E-state index >= 15 is 0 Å². The van der Waals surface area contributed by atoms with Gasteiger partial charge < -0.3 is 10.6 Å². The van der Waals surface area contributed by atoms with Crippen LogP contribution < -0.4 is 5.73 Å². The van der Waals surface area contributed by atoms with E-state index in [9.17, 15) is 4.79 Å². The third-order valence-electron chi connectivity index (χ3n) is 4.53. The highest BCUT2D eigenvalue weighted by molar-refractivity contribution is 5.85. The van der Waals surface area contributed by atoms with E-state index in [0.29, 0.717) is 11.9 Å². The molecule has 2 aliphatic carbocycles. The molecule has 0 aromatic heterocycles. The van der Waals surface area contributed by atoms with Crippen molar-refractivity contribution in [2.24, 2.45) is 11.7 Å². The maximum absolute atomic E-state index is 12.8. The molecule has 21 heavy (non-hydrogen) atoms. The van der Waals surface area contributed by atoms with Gasteiger partial charge in [-0.1, -0.05) is 36.8 Å². The van der Waals surface area contributed by atoms with E-state index in [1.807, 2.05) is 18.2 Å². The van der Waals surface area contributed by atoms with Crippen molar-refractivity contribution in [3.8, 4) is 0 Å². The molecule has 2 aliphatic rings. The number of benzene rings is 1. The van der Waals surface area contributed by atoms with Gasteiger partial charge in [-0.05, 0) is 37.7 Å². The average Bonchev–Trinajstić information content (AvgIpc) is 3.30. The van der Waals surface area contributed by atoms with E-state index in [2.05, 4.69) is 17.0 Å². The molecule has 1 aromatic rings. The molecule has 0 aliphatic heterocycles. The lowest BCUT2D eigenvalue weighted by Gasteiger charge is -2.31. The average molecular weight is 309 g/mol. The molecule has 0 saturated heterocycles. The standard InChI is InChI=1S/C17H24N2O.ClH/c18-15-8-4-7-14(11-15)17(20)19(16-9-10-16)12-13-5-2-1-3-6-13;/h1-3,5-6,14-16H,4,7-12,18H2;1H. The van der Waals surface area contributed by atoms with Gasteiger partial charge in [-0.15, -0.1) is 12.4 Å². The van der Waals surface area contributed by atoms with E-state index in [0.717, 1.165) is 45.1 Å². The normalized spacial score (nSPS) is 25.0. The Kier molecular flexibility index (Phi) is 5.65. The number of amides is 1. The van der Waals surface area contributed by atoms with Crippen molar-refractivity contribution in [3.05, 3.63) is 35.9 Å². The summed E-state index contributed by atoms with van der Waals surface area (Å²) in [6.45, 7) is 0.760. The largest absolute Gasteiger partial charge is 0.335 e. The van der Waals surface area contributed by atoms with Crippen LogP contribution in [0.1, 0.15) is 44.1 Å². The zero-order valence-electron chi connectivity index (χ0n) is 12.4. The molecule has 0 bridgehead atoms. The molecule has 1 amide bonds. The Labute approximate surface area is 133 Å². The van der Waals surface area contributed by atoms with Crippen molar-refractivity contribution >= 4 is 18.3 Å². The minimum atomic E-state index is 0. The Morgan fingerprint density at radius 2 is 1.86 bits per heavy atom. The van der Waals surface area contributed by atoms with Gasteiger partial charge in [0, 0.05) is 24.5 Å². The summed E-state index contributed by atoms with van der Waals surface area (Å²) in [4.78, 5) is 14.9. The number of hydrogen-bond donors (Lipinski definition) is 1. The SMILES string of the molecule is Cl.NC1CCCC(C(=O)N(Cc2ccccc2)C2CC2)C1. The molecule has 1 aromatic carbocycles. The summed E-state index contributed by atoms with van der Waals surface area (Å²) >= 11 is 0. The van der Waals surface area contributed by atoms with Crippen LogP contribution in [0.5, 0.6) is 0 Å². The van der Waals surface area contributed by atoms with Crippen LogP contribution in [-0.4, -0.2) is 22.9 Å². The van der Waals surface area contributed by atoms with Crippen LogP contribution >= 0.6 is 12.4 Å². The Morgan fingerprint density at radius 1 is 1.14 bits per heavy atom. The van der Waals surface area contributed by atoms with Gasteiger partial charge in [0.25, 0.3) is 0 Å². The van der Waals surface area contributed by atoms with Crippen LogP contribution in [0.3, 0.4) is 0 Å². The number of nitrogens with zero attached hydrogens (tertiary/aromatic N) is 1. The van der Waals surface area contributed by atoms with Gasteiger partial charge in [-0.25, -0.2) is 0 Å². The van der Waals surface area contributed by atoms with Crippen LogP contribution in [0.15, 0.2) is 30.3 Å². The lowest BCUT2D eigenvalue weighted by atomic mass is 9.85. The number of rotatable bonds is 4. The van der Waals surface area contributed by atoms with Crippen molar-refractivity contribution in [3.63, 3.8) is 0 Å². The first-order chi connectivity index (χ1) is 9.74. The van der Waals surface area contributed by atoms with Crippen LogP contribution in [0.2, 0.25) is 0 Å². The number of carbonyl (C=O) groups excluding carboxylic acids is 1. The molecule has 4 heteroatoms. The van der Waals surface area contributed by atoms with Gasteiger partial charge in [0.15, 0.2) is 0 Å². The highest BCUT2D eigenvalue weighted by atomic mass is 35.5. The molecule has 2 fully saturated rings. The number of hydrogen-bond acceptors (Lipinski definition) is 2. The van der Waals surface area contributed by atoms with Crippen LogP contribution in [0.25, 0.3) is 0 Å². The van der Waals surface area contributed by atoms with E-state index in [4.69, 9.17) is 5.73 Å². The second-order valence-electron chi connectivity index (χ2n) is 6.31. The summed E-state index contributed by atoms with van der Waals surface area (Å²) in [5.41, 5.74) is 7.27. The molecular weight excluding hydrogens is 284 g/mol. The van der Waals surface area contributed by atoms with Crippen LogP contribution in [-0.2, 0) is 11.3 Å². The zero-order chi connectivity index (χ0) is 13.9. The monoisotopic (exact) mass is 308 g/mol. The molecule has 116 valence electrons. The highest BCUT2D eigenvalue weighted by Gasteiger charge is 2.37. The van der Waals surface area contributed by atoms with Crippen molar-refractivity contribution in [2.75, 3.05) is 0 Å². The van der Waals surface area contributed by atoms with Crippen molar-refractivity contribution in [1.29, 1.82) is 0 Å². The third kappa shape index (κ3) is 4.21. The molecule has 2 saturated carbocycles. The molecule has 3 rings (SSSR count). The lowest BCUT2D eigenvalue weighted by molar-refractivity contribution is -0.138. The van der Waals surface area contributed by atoms with Gasteiger partial charge in [-0.3, -0.25) is 4.79 Å². The minimum absolute atomic E-state index is 0. The van der Waals surface area contributed by atoms with E-state index < -0.39 is 0 Å². The van der Waals surface area contributed by atoms with Crippen LogP contribution in [0, 0.1) is 5.92 Å². The number of nitrogens with two attached hydrogens (primary N) is 1. The Balaban J connectivity index is 0.00000161. The second-order valence-corrected chi connectivity index (χ2v) is 6.31. The first kappa shape index (κ1) is 16.3. The summed E-state index contributed by atoms with van der Waals surface area (Å²) in [6.07, 6.45) is 6.39. The molecule has 0 heterocycles. The van der Waals surface area contributed by atoms with Gasteiger partial charge in [0.05, 0.1) is 0 Å². The smallest absolute Gasteiger partial charge is 0.226 e. The topological polar surface area (TPSA) is 46.3 Å². The molecule has 0 radical (unpaired) electrons. The summed E-state index contributed by atoms with van der Waals surface area (Å²) in [7, 11) is 0. The van der Waals surface area contributed by atoms with E-state index in [1.54, 1.807) is 0 Å². The van der Waals surface area contributed by atoms with Gasteiger partial charge in [0.2, 0.25) is 5.91 Å². The van der Waals surface area contributed by atoms with E-state index in [-0.39, 0.29) is 24.4 Å². The molecule has 3 nitrogen and oxygen atoms in total. The Morgan fingerprint density at radius 3 is 2.48 bits per heavy atom. The zero-order valence-corrected chi connectivity index (χ0v) is 13.2. The van der Waals surface area contributed by atoms with Gasteiger partial charge in [-0.2, -0.15) is 0 Å². The maximum atomic E-state index is 12.8. The van der Waals surface area contributed by atoms with Gasteiger partial charge >= 0.3 is 0 Å². The first-order valence-corrected chi connectivity index (χ1v) is 7.84. The quantitative estimate of drug-likeness (QED) is 0.929. The first-order valence-electron chi connectivity index (χ1n) is 7.84. The second kappa shape index (κ2) is 7.28. The Hall–Kier alpha value is -1.06. The third-order valence-corrected chi connectivity index (χ3v) is 4.53. The summed E-state index contributed by atoms with van der Waals surface area (Å²) < 4.78 is 0. The maximum Gasteiger partial charge on any atom is 0.226 e. The van der Waals surface area contributed by atoms with Crippen molar-refractivity contribution < 1.29 is 4.79 Å². The van der Waals surface area contributed by atoms with E-state index in [1.165, 1.54) is 5.56 Å².